The molecule has 1 nitrogen and oxygen atoms in total. The van der Waals surface area contributed by atoms with Crippen molar-refractivity contribution in [2.45, 2.75) is 11.3 Å². The molecule has 0 amide bonds. The first-order chi connectivity index (χ1) is 10.9. The third-order valence-electron chi connectivity index (χ3n) is 5.50. The van der Waals surface area contributed by atoms with E-state index < -0.39 is 0 Å². The zero-order valence-electron chi connectivity index (χ0n) is 12.3. The second-order valence-electron chi connectivity index (χ2n) is 6.30. The van der Waals surface area contributed by atoms with E-state index in [0.717, 1.165) is 0 Å². The Morgan fingerprint density at radius 1 is 0.636 bits per heavy atom. The molecule has 106 valence electrons. The van der Waals surface area contributed by atoms with Gasteiger partial charge in [0.05, 0.1) is 5.41 Å². The lowest BCUT2D eigenvalue weighted by Crippen LogP contribution is -2.47. The standard InChI is InChI=1S/C21H17N/c22-13-21-17-10-4-1-7-14(17)20(15-8-2-5-11-18(15)21)16-9-3-6-12-19(16)21/h1-12,20H,13,22H2. The Morgan fingerprint density at radius 2 is 1.00 bits per heavy atom. The fourth-order valence-electron chi connectivity index (χ4n) is 4.68. The number of hydrogen-bond donors (Lipinski definition) is 1. The highest BCUT2D eigenvalue weighted by Crippen LogP contribution is 2.58. The van der Waals surface area contributed by atoms with Gasteiger partial charge in [0.1, 0.15) is 0 Å². The van der Waals surface area contributed by atoms with Crippen molar-refractivity contribution < 1.29 is 0 Å². The Labute approximate surface area is 130 Å². The van der Waals surface area contributed by atoms with Gasteiger partial charge in [0, 0.05) is 12.5 Å². The van der Waals surface area contributed by atoms with E-state index in [1.807, 2.05) is 0 Å². The second kappa shape index (κ2) is 4.08. The number of hydrogen-bond acceptors (Lipinski definition) is 1. The molecule has 6 rings (SSSR count). The number of rotatable bonds is 1. The van der Waals surface area contributed by atoms with Crippen LogP contribution in [0.5, 0.6) is 0 Å². The summed E-state index contributed by atoms with van der Waals surface area (Å²) in [5, 5.41) is 0. The summed E-state index contributed by atoms with van der Waals surface area (Å²) in [6.45, 7) is 0.602. The highest BCUT2D eigenvalue weighted by atomic mass is 14.7. The van der Waals surface area contributed by atoms with Crippen molar-refractivity contribution in [3.63, 3.8) is 0 Å². The molecule has 0 atom stereocenters. The Bertz CT molecular complexity index is 778. The summed E-state index contributed by atoms with van der Waals surface area (Å²) in [4.78, 5) is 0. The van der Waals surface area contributed by atoms with E-state index in [2.05, 4.69) is 72.8 Å². The fraction of sp³-hybridized carbons (Fsp3) is 0.143. The summed E-state index contributed by atoms with van der Waals surface area (Å²) >= 11 is 0. The molecule has 3 aliphatic rings. The number of benzene rings is 3. The van der Waals surface area contributed by atoms with Crippen LogP contribution in [0.25, 0.3) is 0 Å². The molecule has 2 bridgehead atoms. The first-order valence-electron chi connectivity index (χ1n) is 7.86. The molecular weight excluding hydrogens is 266 g/mol. The van der Waals surface area contributed by atoms with Crippen LogP contribution in [-0.4, -0.2) is 6.54 Å². The van der Waals surface area contributed by atoms with Crippen LogP contribution in [-0.2, 0) is 5.41 Å². The van der Waals surface area contributed by atoms with Crippen LogP contribution in [0.15, 0.2) is 72.8 Å². The SMILES string of the molecule is NCC12c3ccccc3C(c3ccccc31)c1ccccc12. The van der Waals surface area contributed by atoms with Crippen molar-refractivity contribution in [1.82, 2.24) is 0 Å². The Morgan fingerprint density at radius 3 is 1.36 bits per heavy atom. The van der Waals surface area contributed by atoms with Gasteiger partial charge in [-0.15, -0.1) is 0 Å². The highest BCUT2D eigenvalue weighted by molar-refractivity contribution is 5.71. The van der Waals surface area contributed by atoms with Crippen molar-refractivity contribution in [2.75, 3.05) is 6.54 Å². The average molecular weight is 283 g/mol. The monoisotopic (exact) mass is 283 g/mol. The number of nitrogens with two attached hydrogens (primary N) is 1. The minimum atomic E-state index is -0.196. The normalized spacial score (nSPS) is 23.6. The van der Waals surface area contributed by atoms with E-state index >= 15 is 0 Å². The molecule has 3 aliphatic carbocycles. The minimum absolute atomic E-state index is 0.196. The molecular formula is C21H17N. The molecule has 1 heteroatoms. The van der Waals surface area contributed by atoms with Gasteiger partial charge in [0.15, 0.2) is 0 Å². The third-order valence-corrected chi connectivity index (χ3v) is 5.50. The molecule has 0 radical (unpaired) electrons. The van der Waals surface area contributed by atoms with Crippen LogP contribution in [0, 0.1) is 0 Å². The summed E-state index contributed by atoms with van der Waals surface area (Å²) in [5.41, 5.74) is 14.7. The Balaban J connectivity index is 2.00. The lowest BCUT2D eigenvalue weighted by Gasteiger charge is -2.50. The second-order valence-corrected chi connectivity index (χ2v) is 6.30. The van der Waals surface area contributed by atoms with Gasteiger partial charge in [0.25, 0.3) is 0 Å². The van der Waals surface area contributed by atoms with E-state index in [-0.39, 0.29) is 5.41 Å². The smallest absolute Gasteiger partial charge is 0.0582 e. The molecule has 0 saturated heterocycles. The summed E-state index contributed by atoms with van der Waals surface area (Å²) in [6, 6.07) is 26.5. The summed E-state index contributed by atoms with van der Waals surface area (Å²) in [5.74, 6) is 0.344. The van der Waals surface area contributed by atoms with Crippen LogP contribution < -0.4 is 5.73 Å². The van der Waals surface area contributed by atoms with Gasteiger partial charge < -0.3 is 5.73 Å². The lowest BCUT2D eigenvalue weighted by atomic mass is 9.53. The van der Waals surface area contributed by atoms with E-state index in [1.54, 1.807) is 0 Å². The summed E-state index contributed by atoms with van der Waals surface area (Å²) in [6.07, 6.45) is 0. The lowest BCUT2D eigenvalue weighted by molar-refractivity contribution is 0.554. The molecule has 0 spiro atoms. The average Bonchev–Trinajstić information content (AvgIpc) is 2.61. The molecule has 0 fully saturated rings. The third kappa shape index (κ3) is 1.20. The molecule has 0 saturated carbocycles. The molecule has 3 aromatic rings. The quantitative estimate of drug-likeness (QED) is 0.722. The predicted octanol–water partition coefficient (Wildman–Crippen LogP) is 3.79. The Kier molecular flexibility index (Phi) is 2.26. The molecule has 0 aliphatic heterocycles. The minimum Gasteiger partial charge on any atom is -0.329 e. The van der Waals surface area contributed by atoms with Gasteiger partial charge in [-0.3, -0.25) is 0 Å². The van der Waals surface area contributed by atoms with E-state index in [9.17, 15) is 0 Å². The topological polar surface area (TPSA) is 26.0 Å². The molecule has 3 aromatic carbocycles. The largest absolute Gasteiger partial charge is 0.329 e. The molecule has 0 aromatic heterocycles. The predicted molar refractivity (Wildman–Crippen MR) is 89.2 cm³/mol. The highest BCUT2D eigenvalue weighted by Gasteiger charge is 2.50. The van der Waals surface area contributed by atoms with Crippen LogP contribution in [0.2, 0.25) is 0 Å². The fourth-order valence-corrected chi connectivity index (χ4v) is 4.68. The molecule has 2 N–H and O–H groups in total. The van der Waals surface area contributed by atoms with Gasteiger partial charge in [-0.1, -0.05) is 72.8 Å². The van der Waals surface area contributed by atoms with Crippen molar-refractivity contribution in [3.05, 3.63) is 106 Å². The van der Waals surface area contributed by atoms with E-state index in [4.69, 9.17) is 5.73 Å². The van der Waals surface area contributed by atoms with Gasteiger partial charge >= 0.3 is 0 Å². The van der Waals surface area contributed by atoms with Crippen molar-refractivity contribution in [2.24, 2.45) is 5.73 Å². The maximum Gasteiger partial charge on any atom is 0.0582 e. The zero-order valence-corrected chi connectivity index (χ0v) is 12.3. The van der Waals surface area contributed by atoms with Crippen molar-refractivity contribution >= 4 is 0 Å². The van der Waals surface area contributed by atoms with Crippen LogP contribution in [0.1, 0.15) is 39.3 Å². The van der Waals surface area contributed by atoms with E-state index in [0.29, 0.717) is 12.5 Å². The van der Waals surface area contributed by atoms with Crippen LogP contribution in [0.3, 0.4) is 0 Å². The summed E-state index contributed by atoms with van der Waals surface area (Å²) in [7, 11) is 0. The summed E-state index contributed by atoms with van der Waals surface area (Å²) < 4.78 is 0. The molecule has 22 heavy (non-hydrogen) atoms. The van der Waals surface area contributed by atoms with Crippen molar-refractivity contribution in [3.8, 4) is 0 Å². The van der Waals surface area contributed by atoms with E-state index in [1.165, 1.54) is 33.4 Å². The van der Waals surface area contributed by atoms with Crippen LogP contribution in [0.4, 0.5) is 0 Å². The first-order valence-corrected chi connectivity index (χ1v) is 7.86. The van der Waals surface area contributed by atoms with Crippen molar-refractivity contribution in [1.29, 1.82) is 0 Å². The van der Waals surface area contributed by atoms with Gasteiger partial charge in [-0.05, 0) is 33.4 Å². The van der Waals surface area contributed by atoms with Gasteiger partial charge in [-0.2, -0.15) is 0 Å². The maximum atomic E-state index is 6.42. The van der Waals surface area contributed by atoms with Gasteiger partial charge in [0.2, 0.25) is 0 Å². The van der Waals surface area contributed by atoms with Gasteiger partial charge in [-0.25, -0.2) is 0 Å². The Hall–Kier alpha value is -2.38. The molecule has 0 heterocycles. The van der Waals surface area contributed by atoms with Crippen LogP contribution >= 0.6 is 0 Å². The first kappa shape index (κ1) is 12.2. The maximum absolute atomic E-state index is 6.42. The molecule has 0 unspecified atom stereocenters. The zero-order chi connectivity index (χ0) is 14.7.